The van der Waals surface area contributed by atoms with Gasteiger partial charge in [-0.25, -0.2) is 14.8 Å². The van der Waals surface area contributed by atoms with Crippen LogP contribution in [-0.4, -0.2) is 45.3 Å². The van der Waals surface area contributed by atoms with Crippen LogP contribution in [0.1, 0.15) is 23.5 Å². The fraction of sp³-hybridized carbons (Fsp3) is 0.227. The van der Waals surface area contributed by atoms with Crippen molar-refractivity contribution >= 4 is 28.8 Å². The van der Waals surface area contributed by atoms with E-state index < -0.39 is 30.4 Å². The van der Waals surface area contributed by atoms with Gasteiger partial charge in [0.05, 0.1) is 5.56 Å². The summed E-state index contributed by atoms with van der Waals surface area (Å²) in [6, 6.07) is 9.80. The molecule has 0 spiro atoms. The number of hydrogen-bond donors (Lipinski definition) is 1. The summed E-state index contributed by atoms with van der Waals surface area (Å²) in [5.41, 5.74) is 6.51. The minimum Gasteiger partial charge on any atom is -0.459 e. The maximum atomic E-state index is 12.3. The lowest BCUT2D eigenvalue weighted by molar-refractivity contribution is -0.151. The van der Waals surface area contributed by atoms with Crippen molar-refractivity contribution in [3.8, 4) is 0 Å². The van der Waals surface area contributed by atoms with Gasteiger partial charge in [0.2, 0.25) is 0 Å². The Bertz CT molecular complexity index is 1260. The average Bonchev–Trinajstić information content (AvgIpc) is 3.07. The summed E-state index contributed by atoms with van der Waals surface area (Å²) >= 11 is 0. The van der Waals surface area contributed by atoms with Gasteiger partial charge in [-0.1, -0.05) is 24.8 Å². The molecule has 0 unspecified atom stereocenters. The van der Waals surface area contributed by atoms with Crippen molar-refractivity contribution in [1.82, 2.24) is 14.5 Å². The molecule has 1 fully saturated rings. The van der Waals surface area contributed by atoms with Gasteiger partial charge >= 0.3 is 11.9 Å². The first-order valence-corrected chi connectivity index (χ1v) is 9.71. The van der Waals surface area contributed by atoms with Gasteiger partial charge in [-0.3, -0.25) is 9.59 Å². The third-order valence-corrected chi connectivity index (χ3v) is 5.02. The SMILES string of the molecule is C=C1[C@@H](OC(C)=O)[C@H](n2ccc(=O)c3c(N)ncnc32)O[C@@H]1COC(=O)c1ccccc1. The molecule has 0 aliphatic carbocycles. The Labute approximate surface area is 182 Å². The van der Waals surface area contributed by atoms with E-state index in [-0.39, 0.29) is 28.9 Å². The van der Waals surface area contributed by atoms with Crippen molar-refractivity contribution in [1.29, 1.82) is 0 Å². The van der Waals surface area contributed by atoms with Crippen LogP contribution in [0.4, 0.5) is 5.82 Å². The lowest BCUT2D eigenvalue weighted by Crippen LogP contribution is -2.27. The maximum absolute atomic E-state index is 12.3. The summed E-state index contributed by atoms with van der Waals surface area (Å²) in [5.74, 6) is -1.06. The first-order chi connectivity index (χ1) is 15.4. The van der Waals surface area contributed by atoms with Gasteiger partial charge in [0.25, 0.3) is 0 Å². The Morgan fingerprint density at radius 1 is 1.22 bits per heavy atom. The molecule has 1 aliphatic heterocycles. The quantitative estimate of drug-likeness (QED) is 0.467. The summed E-state index contributed by atoms with van der Waals surface area (Å²) in [6.07, 6.45) is 0.103. The summed E-state index contributed by atoms with van der Waals surface area (Å²) in [4.78, 5) is 44.4. The molecule has 32 heavy (non-hydrogen) atoms. The zero-order chi connectivity index (χ0) is 22.8. The highest BCUT2D eigenvalue weighted by Gasteiger charge is 2.43. The molecule has 1 saturated heterocycles. The van der Waals surface area contributed by atoms with Crippen LogP contribution in [-0.2, 0) is 19.0 Å². The molecule has 0 amide bonds. The fourth-order valence-electron chi connectivity index (χ4n) is 3.50. The van der Waals surface area contributed by atoms with Crippen LogP contribution < -0.4 is 11.2 Å². The number of anilines is 1. The second kappa shape index (κ2) is 8.60. The minimum absolute atomic E-state index is 0.0172. The number of carbonyl (C=O) groups excluding carboxylic acids is 2. The molecule has 2 aromatic heterocycles. The lowest BCUT2D eigenvalue weighted by Gasteiger charge is -2.22. The summed E-state index contributed by atoms with van der Waals surface area (Å²) in [5, 5.41) is 0.116. The van der Waals surface area contributed by atoms with Gasteiger partial charge in [0.15, 0.2) is 23.4 Å². The zero-order valence-electron chi connectivity index (χ0n) is 17.1. The molecule has 0 bridgehead atoms. The van der Waals surface area contributed by atoms with E-state index in [1.165, 1.54) is 30.1 Å². The highest BCUT2D eigenvalue weighted by molar-refractivity contribution is 5.89. The number of carbonyl (C=O) groups is 2. The molecular formula is C22H20N4O6. The molecule has 164 valence electrons. The van der Waals surface area contributed by atoms with E-state index in [2.05, 4.69) is 16.5 Å². The van der Waals surface area contributed by atoms with Crippen LogP contribution in [0.2, 0.25) is 0 Å². The molecule has 4 rings (SSSR count). The largest absolute Gasteiger partial charge is 0.459 e. The Morgan fingerprint density at radius 3 is 2.69 bits per heavy atom. The number of ether oxygens (including phenoxy) is 3. The summed E-state index contributed by atoms with van der Waals surface area (Å²) in [7, 11) is 0. The van der Waals surface area contributed by atoms with E-state index in [9.17, 15) is 14.4 Å². The molecule has 3 atom stereocenters. The van der Waals surface area contributed by atoms with Crippen molar-refractivity contribution < 1.29 is 23.8 Å². The topological polar surface area (TPSA) is 136 Å². The Balaban J connectivity index is 1.64. The second-order valence-corrected chi connectivity index (χ2v) is 7.13. The van der Waals surface area contributed by atoms with Crippen molar-refractivity contribution in [2.75, 3.05) is 12.3 Å². The molecule has 1 aromatic carbocycles. The molecule has 3 aromatic rings. The smallest absolute Gasteiger partial charge is 0.338 e. The average molecular weight is 436 g/mol. The van der Waals surface area contributed by atoms with Crippen molar-refractivity contribution in [2.24, 2.45) is 0 Å². The molecular weight excluding hydrogens is 416 g/mol. The highest BCUT2D eigenvalue weighted by atomic mass is 16.6. The molecule has 2 N–H and O–H groups in total. The Hall–Kier alpha value is -4.05. The number of nitrogens with two attached hydrogens (primary N) is 1. The number of pyridine rings is 1. The third-order valence-electron chi connectivity index (χ3n) is 5.02. The third kappa shape index (κ3) is 3.95. The zero-order valence-corrected chi connectivity index (χ0v) is 17.1. The molecule has 0 saturated carbocycles. The Morgan fingerprint density at radius 2 is 1.97 bits per heavy atom. The van der Waals surface area contributed by atoms with Gasteiger partial charge in [-0.15, -0.1) is 0 Å². The van der Waals surface area contributed by atoms with Crippen LogP contribution in [0, 0.1) is 0 Å². The van der Waals surface area contributed by atoms with Crippen LogP contribution in [0.3, 0.4) is 0 Å². The van der Waals surface area contributed by atoms with E-state index >= 15 is 0 Å². The number of aromatic nitrogens is 3. The normalized spacial score (nSPS) is 20.3. The van der Waals surface area contributed by atoms with Gasteiger partial charge in [0, 0.05) is 19.2 Å². The van der Waals surface area contributed by atoms with Crippen molar-refractivity contribution in [3.05, 3.63) is 76.9 Å². The predicted octanol–water partition coefficient (Wildman–Crippen LogP) is 1.62. The van der Waals surface area contributed by atoms with Crippen molar-refractivity contribution in [2.45, 2.75) is 25.4 Å². The van der Waals surface area contributed by atoms with Crippen LogP contribution >= 0.6 is 0 Å². The van der Waals surface area contributed by atoms with E-state index in [1.807, 2.05) is 0 Å². The van der Waals surface area contributed by atoms with Crippen LogP contribution in [0.25, 0.3) is 11.0 Å². The van der Waals surface area contributed by atoms with Crippen LogP contribution in [0.5, 0.6) is 0 Å². The van der Waals surface area contributed by atoms with Gasteiger partial charge in [-0.2, -0.15) is 0 Å². The van der Waals surface area contributed by atoms with Gasteiger partial charge in [0.1, 0.15) is 30.2 Å². The van der Waals surface area contributed by atoms with Crippen LogP contribution in [0.15, 0.2) is 65.9 Å². The summed E-state index contributed by atoms with van der Waals surface area (Å²) in [6.45, 7) is 5.10. The fourth-order valence-corrected chi connectivity index (χ4v) is 3.50. The number of nitrogens with zero attached hydrogens (tertiary/aromatic N) is 3. The first-order valence-electron chi connectivity index (χ1n) is 9.71. The Kier molecular flexibility index (Phi) is 5.69. The first kappa shape index (κ1) is 21.2. The standard InChI is InChI=1S/C22H20N4O6/c1-12-16(10-30-22(29)14-6-4-3-5-7-14)32-21(18(12)31-13(2)27)26-9-8-15(28)17-19(23)24-11-25-20(17)26/h3-9,11,16,18,21H,1,10H2,2H3,(H2,23,24,25)/t16-,18-,21-/m1/s1. The number of fused-ring (bicyclic) bond motifs is 1. The number of rotatable bonds is 5. The van der Waals surface area contributed by atoms with Crippen molar-refractivity contribution in [3.63, 3.8) is 0 Å². The molecule has 3 heterocycles. The summed E-state index contributed by atoms with van der Waals surface area (Å²) < 4.78 is 18.4. The monoisotopic (exact) mass is 436 g/mol. The van der Waals surface area contributed by atoms with Gasteiger partial charge in [-0.05, 0) is 17.7 Å². The number of benzene rings is 1. The lowest BCUT2D eigenvalue weighted by atomic mass is 10.1. The second-order valence-electron chi connectivity index (χ2n) is 7.13. The minimum atomic E-state index is -0.913. The van der Waals surface area contributed by atoms with E-state index in [0.717, 1.165) is 0 Å². The van der Waals surface area contributed by atoms with E-state index in [4.69, 9.17) is 19.9 Å². The van der Waals surface area contributed by atoms with E-state index in [1.54, 1.807) is 30.3 Å². The van der Waals surface area contributed by atoms with E-state index in [0.29, 0.717) is 11.1 Å². The van der Waals surface area contributed by atoms with Gasteiger partial charge < -0.3 is 24.5 Å². The number of hydrogen-bond acceptors (Lipinski definition) is 9. The maximum Gasteiger partial charge on any atom is 0.338 e. The molecule has 10 nitrogen and oxygen atoms in total. The molecule has 1 aliphatic rings. The highest BCUT2D eigenvalue weighted by Crippen LogP contribution is 2.36. The number of esters is 2. The molecule has 10 heteroatoms. The number of nitrogen functional groups attached to an aromatic ring is 1. The predicted molar refractivity (Wildman–Crippen MR) is 114 cm³/mol. The molecule has 0 radical (unpaired) electrons.